The van der Waals surface area contributed by atoms with E-state index in [9.17, 15) is 0 Å². The zero-order chi connectivity index (χ0) is 13.2. The third kappa shape index (κ3) is 2.94. The van der Waals surface area contributed by atoms with Gasteiger partial charge >= 0.3 is 0 Å². The molecule has 3 nitrogen and oxygen atoms in total. The maximum absolute atomic E-state index is 4.63. The molecule has 1 N–H and O–H groups in total. The summed E-state index contributed by atoms with van der Waals surface area (Å²) >= 11 is 2.33. The van der Waals surface area contributed by atoms with Crippen LogP contribution in [-0.2, 0) is 0 Å². The number of imidazole rings is 1. The van der Waals surface area contributed by atoms with Crippen molar-refractivity contribution in [2.24, 2.45) is 0 Å². The number of aryl methyl sites for hydroxylation is 1. The molecule has 3 rings (SSSR count). The Morgan fingerprint density at radius 1 is 1.32 bits per heavy atom. The summed E-state index contributed by atoms with van der Waals surface area (Å²) in [6.07, 6.45) is 7.40. The van der Waals surface area contributed by atoms with E-state index in [2.05, 4.69) is 74.8 Å². The Labute approximate surface area is 127 Å². The van der Waals surface area contributed by atoms with Crippen molar-refractivity contribution in [2.75, 3.05) is 5.32 Å². The van der Waals surface area contributed by atoms with Crippen LogP contribution in [0.5, 0.6) is 0 Å². The lowest BCUT2D eigenvalue weighted by Crippen LogP contribution is -2.07. The predicted octanol–water partition coefficient (Wildman–Crippen LogP) is 4.65. The summed E-state index contributed by atoms with van der Waals surface area (Å²) < 4.78 is 3.56. The molecule has 0 amide bonds. The highest BCUT2D eigenvalue weighted by Gasteiger charge is 2.20. The topological polar surface area (TPSA) is 29.9 Å². The highest BCUT2D eigenvalue weighted by atomic mass is 127. The van der Waals surface area contributed by atoms with E-state index >= 15 is 0 Å². The van der Waals surface area contributed by atoms with Crippen LogP contribution < -0.4 is 5.32 Å². The average Bonchev–Trinajstić information content (AvgIpc) is 2.98. The van der Waals surface area contributed by atoms with Crippen LogP contribution in [0.4, 0.5) is 11.6 Å². The summed E-state index contributed by atoms with van der Waals surface area (Å²) in [5.41, 5.74) is 2.19. The van der Waals surface area contributed by atoms with Gasteiger partial charge in [-0.05, 0) is 60.6 Å². The van der Waals surface area contributed by atoms with Crippen molar-refractivity contribution in [1.29, 1.82) is 0 Å². The van der Waals surface area contributed by atoms with Crippen molar-refractivity contribution in [2.45, 2.75) is 38.6 Å². The SMILES string of the molecule is Cc1cn(C2CCCC2)c(Nc2cccc(I)c2)n1. The van der Waals surface area contributed by atoms with Gasteiger partial charge in [0.05, 0.1) is 5.69 Å². The molecule has 19 heavy (non-hydrogen) atoms. The molecule has 0 aliphatic heterocycles. The van der Waals surface area contributed by atoms with Gasteiger partial charge in [0, 0.05) is 21.5 Å². The van der Waals surface area contributed by atoms with Gasteiger partial charge < -0.3 is 9.88 Å². The second-order valence-corrected chi connectivity index (χ2v) is 6.43. The molecule has 0 saturated heterocycles. The van der Waals surface area contributed by atoms with Crippen LogP contribution in [0.25, 0.3) is 0 Å². The number of halogens is 1. The van der Waals surface area contributed by atoms with Crippen molar-refractivity contribution in [3.05, 3.63) is 39.7 Å². The fraction of sp³-hybridized carbons (Fsp3) is 0.400. The molecular formula is C15H18IN3. The van der Waals surface area contributed by atoms with E-state index in [1.807, 2.05) is 0 Å². The number of benzene rings is 1. The molecule has 2 aromatic rings. The van der Waals surface area contributed by atoms with E-state index in [0.717, 1.165) is 17.3 Å². The molecule has 1 heterocycles. The van der Waals surface area contributed by atoms with Gasteiger partial charge in [0.25, 0.3) is 0 Å². The number of aromatic nitrogens is 2. The quantitative estimate of drug-likeness (QED) is 0.800. The molecular weight excluding hydrogens is 349 g/mol. The molecule has 4 heteroatoms. The Bertz CT molecular complexity index is 571. The fourth-order valence-electron chi connectivity index (χ4n) is 2.76. The van der Waals surface area contributed by atoms with Crippen molar-refractivity contribution >= 4 is 34.2 Å². The molecule has 1 aliphatic carbocycles. The summed E-state index contributed by atoms with van der Waals surface area (Å²) in [6.45, 7) is 2.06. The lowest BCUT2D eigenvalue weighted by molar-refractivity contribution is 0.524. The van der Waals surface area contributed by atoms with Crippen molar-refractivity contribution in [3.8, 4) is 0 Å². The van der Waals surface area contributed by atoms with Crippen LogP contribution in [0.15, 0.2) is 30.5 Å². The van der Waals surface area contributed by atoms with Gasteiger partial charge in [-0.25, -0.2) is 4.98 Å². The Morgan fingerprint density at radius 2 is 2.11 bits per heavy atom. The number of nitrogens with zero attached hydrogens (tertiary/aromatic N) is 2. The Kier molecular flexibility index (Phi) is 3.77. The summed E-state index contributed by atoms with van der Waals surface area (Å²) in [7, 11) is 0. The Morgan fingerprint density at radius 3 is 2.84 bits per heavy atom. The number of anilines is 2. The molecule has 0 bridgehead atoms. The molecule has 1 aromatic heterocycles. The van der Waals surface area contributed by atoms with E-state index < -0.39 is 0 Å². The highest BCUT2D eigenvalue weighted by Crippen LogP contribution is 2.33. The zero-order valence-electron chi connectivity index (χ0n) is 11.1. The molecule has 1 fully saturated rings. The van der Waals surface area contributed by atoms with E-state index in [1.54, 1.807) is 0 Å². The minimum atomic E-state index is 0.617. The van der Waals surface area contributed by atoms with Crippen LogP contribution >= 0.6 is 22.6 Å². The largest absolute Gasteiger partial charge is 0.326 e. The van der Waals surface area contributed by atoms with Crippen LogP contribution in [0.3, 0.4) is 0 Å². The molecule has 0 spiro atoms. The summed E-state index contributed by atoms with van der Waals surface area (Å²) in [6, 6.07) is 9.01. The van der Waals surface area contributed by atoms with Crippen molar-refractivity contribution < 1.29 is 0 Å². The van der Waals surface area contributed by atoms with Gasteiger partial charge in [0.1, 0.15) is 0 Å². The monoisotopic (exact) mass is 367 g/mol. The first-order valence-electron chi connectivity index (χ1n) is 6.80. The summed E-state index contributed by atoms with van der Waals surface area (Å²) in [4.78, 5) is 4.63. The molecule has 1 aromatic carbocycles. The van der Waals surface area contributed by atoms with E-state index in [1.165, 1.54) is 29.3 Å². The maximum Gasteiger partial charge on any atom is 0.207 e. The molecule has 1 aliphatic rings. The first kappa shape index (κ1) is 13.0. The number of nitrogens with one attached hydrogen (secondary N) is 1. The third-order valence-electron chi connectivity index (χ3n) is 3.65. The number of rotatable bonds is 3. The molecule has 0 radical (unpaired) electrons. The maximum atomic E-state index is 4.63. The molecule has 1 saturated carbocycles. The van der Waals surface area contributed by atoms with Crippen LogP contribution in [0, 0.1) is 10.5 Å². The third-order valence-corrected chi connectivity index (χ3v) is 4.32. The lowest BCUT2D eigenvalue weighted by atomic mass is 10.2. The molecule has 0 atom stereocenters. The second-order valence-electron chi connectivity index (χ2n) is 5.19. The van der Waals surface area contributed by atoms with Crippen LogP contribution in [0.2, 0.25) is 0 Å². The van der Waals surface area contributed by atoms with Gasteiger partial charge in [-0.3, -0.25) is 0 Å². The number of hydrogen-bond acceptors (Lipinski definition) is 2. The lowest BCUT2D eigenvalue weighted by Gasteiger charge is -2.15. The standard InChI is InChI=1S/C15H18IN3/c1-11-10-19(14-7-2-3-8-14)15(17-11)18-13-6-4-5-12(16)9-13/h4-6,9-10,14H,2-3,7-8H2,1H3,(H,17,18). The van der Waals surface area contributed by atoms with Gasteiger partial charge in [-0.1, -0.05) is 18.9 Å². The predicted molar refractivity (Wildman–Crippen MR) is 86.9 cm³/mol. The van der Waals surface area contributed by atoms with Gasteiger partial charge in [-0.15, -0.1) is 0 Å². The van der Waals surface area contributed by atoms with E-state index in [4.69, 9.17) is 0 Å². The normalized spacial score (nSPS) is 15.9. The number of hydrogen-bond donors (Lipinski definition) is 1. The minimum Gasteiger partial charge on any atom is -0.326 e. The minimum absolute atomic E-state index is 0.617. The van der Waals surface area contributed by atoms with Gasteiger partial charge in [0.15, 0.2) is 0 Å². The van der Waals surface area contributed by atoms with Gasteiger partial charge in [-0.2, -0.15) is 0 Å². The van der Waals surface area contributed by atoms with Gasteiger partial charge in [0.2, 0.25) is 5.95 Å². The molecule has 0 unspecified atom stereocenters. The summed E-state index contributed by atoms with van der Waals surface area (Å²) in [5, 5.41) is 3.46. The zero-order valence-corrected chi connectivity index (χ0v) is 13.2. The van der Waals surface area contributed by atoms with Crippen molar-refractivity contribution in [1.82, 2.24) is 9.55 Å². The first-order valence-corrected chi connectivity index (χ1v) is 7.88. The van der Waals surface area contributed by atoms with E-state index in [-0.39, 0.29) is 0 Å². The average molecular weight is 367 g/mol. The first-order chi connectivity index (χ1) is 9.22. The second kappa shape index (κ2) is 5.53. The van der Waals surface area contributed by atoms with E-state index in [0.29, 0.717) is 6.04 Å². The smallest absolute Gasteiger partial charge is 0.207 e. The van der Waals surface area contributed by atoms with Crippen LogP contribution in [-0.4, -0.2) is 9.55 Å². The highest BCUT2D eigenvalue weighted by molar-refractivity contribution is 14.1. The fourth-order valence-corrected chi connectivity index (χ4v) is 3.31. The Hall–Kier alpha value is -1.04. The molecule has 100 valence electrons. The van der Waals surface area contributed by atoms with Crippen molar-refractivity contribution in [3.63, 3.8) is 0 Å². The van der Waals surface area contributed by atoms with Crippen LogP contribution in [0.1, 0.15) is 37.4 Å². The summed E-state index contributed by atoms with van der Waals surface area (Å²) in [5.74, 6) is 0.978. The Balaban J connectivity index is 1.87.